The number of thiazole rings is 1. The van der Waals surface area contributed by atoms with E-state index < -0.39 is 11.2 Å². The molecule has 3 rings (SSSR count). The monoisotopic (exact) mass is 346 g/mol. The van der Waals surface area contributed by atoms with E-state index >= 15 is 0 Å². The van der Waals surface area contributed by atoms with Gasteiger partial charge < -0.3 is 9.84 Å². The SMILES string of the molecule is CCOc1ccc2nc(SC(C(=O)O)c3ccccn3)sc2c1. The number of carbonyl (C=O) groups is 1. The minimum Gasteiger partial charge on any atom is -0.494 e. The van der Waals surface area contributed by atoms with Crippen LogP contribution in [0.2, 0.25) is 0 Å². The van der Waals surface area contributed by atoms with E-state index in [0.717, 1.165) is 16.0 Å². The zero-order valence-electron chi connectivity index (χ0n) is 12.3. The largest absolute Gasteiger partial charge is 0.494 e. The number of carboxylic acids is 1. The van der Waals surface area contributed by atoms with Gasteiger partial charge in [-0.15, -0.1) is 11.3 Å². The van der Waals surface area contributed by atoms with E-state index in [-0.39, 0.29) is 0 Å². The number of hydrogen-bond acceptors (Lipinski definition) is 6. The molecule has 0 aliphatic rings. The Morgan fingerprint density at radius 2 is 2.26 bits per heavy atom. The first-order valence-electron chi connectivity index (χ1n) is 7.01. The molecule has 3 aromatic rings. The molecule has 1 atom stereocenters. The molecule has 2 aromatic heterocycles. The van der Waals surface area contributed by atoms with E-state index in [0.29, 0.717) is 16.6 Å². The van der Waals surface area contributed by atoms with Gasteiger partial charge in [-0.1, -0.05) is 17.8 Å². The third-order valence-electron chi connectivity index (χ3n) is 3.05. The molecule has 0 radical (unpaired) electrons. The summed E-state index contributed by atoms with van der Waals surface area (Å²) >= 11 is 2.66. The number of fused-ring (bicyclic) bond motifs is 1. The molecule has 7 heteroatoms. The summed E-state index contributed by atoms with van der Waals surface area (Å²) in [6.45, 7) is 2.54. The first-order valence-corrected chi connectivity index (χ1v) is 8.70. The number of thioether (sulfide) groups is 1. The smallest absolute Gasteiger partial charge is 0.323 e. The van der Waals surface area contributed by atoms with Gasteiger partial charge in [-0.25, -0.2) is 4.98 Å². The summed E-state index contributed by atoms with van der Waals surface area (Å²) in [5, 5.41) is 8.70. The summed E-state index contributed by atoms with van der Waals surface area (Å²) in [6.07, 6.45) is 1.60. The zero-order valence-corrected chi connectivity index (χ0v) is 13.9. The van der Waals surface area contributed by atoms with Crippen LogP contribution in [-0.2, 0) is 4.79 Å². The van der Waals surface area contributed by atoms with Crippen molar-refractivity contribution in [3.8, 4) is 5.75 Å². The number of ether oxygens (including phenoxy) is 1. The highest BCUT2D eigenvalue weighted by atomic mass is 32.2. The Hall–Kier alpha value is -2.12. The van der Waals surface area contributed by atoms with E-state index in [9.17, 15) is 9.90 Å². The third kappa shape index (κ3) is 3.62. The van der Waals surface area contributed by atoms with Gasteiger partial charge in [0.25, 0.3) is 0 Å². The molecule has 118 valence electrons. The summed E-state index contributed by atoms with van der Waals surface area (Å²) < 4.78 is 7.16. The van der Waals surface area contributed by atoms with Crippen molar-refractivity contribution in [3.63, 3.8) is 0 Å². The molecule has 5 nitrogen and oxygen atoms in total. The Kier molecular flexibility index (Phi) is 4.78. The Labute approximate surface area is 141 Å². The van der Waals surface area contributed by atoms with E-state index in [1.807, 2.05) is 25.1 Å². The van der Waals surface area contributed by atoms with Crippen LogP contribution in [0.5, 0.6) is 5.75 Å². The van der Waals surface area contributed by atoms with Crippen molar-refractivity contribution in [1.82, 2.24) is 9.97 Å². The van der Waals surface area contributed by atoms with Gasteiger partial charge >= 0.3 is 5.97 Å². The normalized spacial score (nSPS) is 12.2. The summed E-state index contributed by atoms with van der Waals surface area (Å²) in [4.78, 5) is 20.2. The quantitative estimate of drug-likeness (QED) is 0.680. The fraction of sp³-hybridized carbons (Fsp3) is 0.188. The Morgan fingerprint density at radius 3 is 2.96 bits per heavy atom. The number of pyridine rings is 1. The fourth-order valence-electron chi connectivity index (χ4n) is 2.06. The first-order chi connectivity index (χ1) is 11.2. The molecular formula is C16H14N2O3S2. The summed E-state index contributed by atoms with van der Waals surface area (Å²) in [5.41, 5.74) is 1.35. The second-order valence-corrected chi connectivity index (χ2v) is 7.02. The lowest BCUT2D eigenvalue weighted by atomic mass is 10.3. The maximum atomic E-state index is 11.6. The molecule has 0 spiro atoms. The van der Waals surface area contributed by atoms with Gasteiger partial charge in [-0.2, -0.15) is 0 Å². The molecule has 0 fully saturated rings. The predicted octanol–water partition coefficient (Wildman–Crippen LogP) is 4.01. The number of rotatable bonds is 6. The molecule has 0 saturated carbocycles. The third-order valence-corrected chi connectivity index (χ3v) is 5.37. The number of hydrogen-bond donors (Lipinski definition) is 1. The van der Waals surface area contributed by atoms with Crippen molar-refractivity contribution in [2.45, 2.75) is 16.5 Å². The lowest BCUT2D eigenvalue weighted by Gasteiger charge is -2.08. The highest BCUT2D eigenvalue weighted by Crippen LogP contribution is 2.39. The van der Waals surface area contributed by atoms with Crippen molar-refractivity contribution in [1.29, 1.82) is 0 Å². The van der Waals surface area contributed by atoms with Crippen molar-refractivity contribution < 1.29 is 14.6 Å². The molecule has 0 bridgehead atoms. The van der Waals surface area contributed by atoms with E-state index in [4.69, 9.17) is 4.74 Å². The molecule has 0 aliphatic heterocycles. The van der Waals surface area contributed by atoms with Crippen molar-refractivity contribution in [2.24, 2.45) is 0 Å². The Bertz CT molecular complexity index is 821. The first kappa shape index (κ1) is 15.8. The van der Waals surface area contributed by atoms with Crippen LogP contribution in [0.1, 0.15) is 17.9 Å². The molecular weight excluding hydrogens is 332 g/mol. The predicted molar refractivity (Wildman–Crippen MR) is 91.3 cm³/mol. The standard InChI is InChI=1S/C16H14N2O3S2/c1-2-21-10-6-7-11-13(9-10)22-16(18-11)23-14(15(19)20)12-5-3-4-8-17-12/h3-9,14H,2H2,1H3,(H,19,20). The number of benzene rings is 1. The van der Waals surface area contributed by atoms with Crippen LogP contribution in [0.15, 0.2) is 46.9 Å². The summed E-state index contributed by atoms with van der Waals surface area (Å²) in [6, 6.07) is 10.9. The van der Waals surface area contributed by atoms with E-state index in [2.05, 4.69) is 9.97 Å². The lowest BCUT2D eigenvalue weighted by molar-refractivity contribution is -0.136. The molecule has 1 aromatic carbocycles. The van der Waals surface area contributed by atoms with Gasteiger partial charge in [0.05, 0.1) is 22.5 Å². The Balaban J connectivity index is 1.88. The molecule has 23 heavy (non-hydrogen) atoms. The second-order valence-electron chi connectivity index (χ2n) is 4.63. The maximum Gasteiger partial charge on any atom is 0.323 e. The molecule has 2 heterocycles. The molecule has 1 unspecified atom stereocenters. The minimum atomic E-state index is -0.928. The van der Waals surface area contributed by atoms with E-state index in [1.54, 1.807) is 24.4 Å². The average molecular weight is 346 g/mol. The van der Waals surface area contributed by atoms with Crippen molar-refractivity contribution in [3.05, 3.63) is 48.3 Å². The number of carboxylic acid groups (broad SMARTS) is 1. The van der Waals surface area contributed by atoms with E-state index in [1.165, 1.54) is 23.1 Å². The van der Waals surface area contributed by atoms with Crippen LogP contribution in [-0.4, -0.2) is 27.7 Å². The summed E-state index contributed by atoms with van der Waals surface area (Å²) in [5.74, 6) is -0.136. The summed E-state index contributed by atoms with van der Waals surface area (Å²) in [7, 11) is 0. The zero-order chi connectivity index (χ0) is 16.2. The van der Waals surface area contributed by atoms with Crippen LogP contribution < -0.4 is 4.74 Å². The van der Waals surface area contributed by atoms with Crippen LogP contribution in [0.3, 0.4) is 0 Å². The second kappa shape index (κ2) is 6.97. The van der Waals surface area contributed by atoms with Gasteiger partial charge in [0.2, 0.25) is 0 Å². The van der Waals surface area contributed by atoms with Crippen LogP contribution in [0.25, 0.3) is 10.2 Å². The highest BCUT2D eigenvalue weighted by molar-refractivity contribution is 8.02. The van der Waals surface area contributed by atoms with Crippen molar-refractivity contribution in [2.75, 3.05) is 6.61 Å². The fourth-order valence-corrected chi connectivity index (χ4v) is 4.25. The minimum absolute atomic E-state index is 0.513. The van der Waals surface area contributed by atoms with Gasteiger partial charge in [-0.3, -0.25) is 9.78 Å². The molecule has 0 saturated heterocycles. The van der Waals surface area contributed by atoms with Gasteiger partial charge in [0.15, 0.2) is 9.59 Å². The van der Waals surface area contributed by atoms with Gasteiger partial charge in [0, 0.05) is 6.20 Å². The van der Waals surface area contributed by atoms with Crippen LogP contribution in [0.4, 0.5) is 0 Å². The van der Waals surface area contributed by atoms with Gasteiger partial charge in [-0.05, 0) is 37.3 Å². The van der Waals surface area contributed by atoms with Crippen LogP contribution in [0, 0.1) is 0 Å². The van der Waals surface area contributed by atoms with Crippen LogP contribution >= 0.6 is 23.1 Å². The molecule has 1 N–H and O–H groups in total. The maximum absolute atomic E-state index is 11.6. The van der Waals surface area contributed by atoms with Crippen molar-refractivity contribution >= 4 is 39.3 Å². The topological polar surface area (TPSA) is 72.3 Å². The number of nitrogens with zero attached hydrogens (tertiary/aromatic N) is 2. The Morgan fingerprint density at radius 1 is 1.39 bits per heavy atom. The molecule has 0 amide bonds. The van der Waals surface area contributed by atoms with Gasteiger partial charge in [0.1, 0.15) is 5.75 Å². The number of aromatic nitrogens is 2. The molecule has 0 aliphatic carbocycles. The lowest BCUT2D eigenvalue weighted by Crippen LogP contribution is -2.09. The highest BCUT2D eigenvalue weighted by Gasteiger charge is 2.24. The average Bonchev–Trinajstić information content (AvgIpc) is 2.95. The number of aliphatic carboxylic acids is 1.